The van der Waals surface area contributed by atoms with Crippen molar-refractivity contribution in [3.8, 4) is 5.75 Å². The van der Waals surface area contributed by atoms with Crippen LogP contribution in [0.1, 0.15) is 6.42 Å². The molecule has 0 aliphatic rings. The number of rotatable bonds is 8. The number of halogens is 1. The molecule has 106 valence electrons. The first-order valence-corrected chi connectivity index (χ1v) is 6.38. The highest BCUT2D eigenvalue weighted by Gasteiger charge is 2.06. The van der Waals surface area contributed by atoms with E-state index in [0.29, 0.717) is 29.6 Å². The molecular weight excluding hydrogens is 268 g/mol. The number of benzene rings is 1. The first kappa shape index (κ1) is 15.6. The lowest BCUT2D eigenvalue weighted by molar-refractivity contribution is -0.119. The second-order valence-electron chi connectivity index (χ2n) is 3.89. The minimum absolute atomic E-state index is 0.0851. The Balaban J connectivity index is 2.39. The third-order valence-corrected chi connectivity index (χ3v) is 2.68. The van der Waals surface area contributed by atoms with Gasteiger partial charge in [-0.15, -0.1) is 0 Å². The van der Waals surface area contributed by atoms with Crippen molar-refractivity contribution in [1.29, 1.82) is 0 Å². The van der Waals surface area contributed by atoms with Crippen LogP contribution in [0.4, 0.5) is 5.69 Å². The van der Waals surface area contributed by atoms with Crippen LogP contribution in [0.5, 0.6) is 5.75 Å². The van der Waals surface area contributed by atoms with Gasteiger partial charge in [0.25, 0.3) is 0 Å². The summed E-state index contributed by atoms with van der Waals surface area (Å²) < 4.78 is 10.1. The zero-order valence-electron chi connectivity index (χ0n) is 11.2. The Morgan fingerprint density at radius 1 is 1.37 bits per heavy atom. The van der Waals surface area contributed by atoms with Crippen LogP contribution in [-0.2, 0) is 9.53 Å². The molecule has 0 radical (unpaired) electrons. The fourth-order valence-electron chi connectivity index (χ4n) is 1.50. The topological polar surface area (TPSA) is 59.6 Å². The van der Waals surface area contributed by atoms with Crippen LogP contribution in [0, 0.1) is 0 Å². The Morgan fingerprint density at radius 3 is 2.84 bits per heavy atom. The average molecular weight is 287 g/mol. The summed E-state index contributed by atoms with van der Waals surface area (Å²) in [6.07, 6.45) is 0.794. The highest BCUT2D eigenvalue weighted by molar-refractivity contribution is 6.30. The number of hydrogen-bond acceptors (Lipinski definition) is 4. The van der Waals surface area contributed by atoms with Crippen molar-refractivity contribution in [2.45, 2.75) is 6.42 Å². The van der Waals surface area contributed by atoms with Crippen LogP contribution in [0.2, 0.25) is 5.02 Å². The van der Waals surface area contributed by atoms with Gasteiger partial charge in [-0.2, -0.15) is 0 Å². The quantitative estimate of drug-likeness (QED) is 0.717. The van der Waals surface area contributed by atoms with Crippen molar-refractivity contribution < 1.29 is 14.3 Å². The van der Waals surface area contributed by atoms with E-state index in [1.807, 2.05) is 0 Å². The van der Waals surface area contributed by atoms with E-state index in [1.54, 1.807) is 32.4 Å². The minimum Gasteiger partial charge on any atom is -0.495 e. The second-order valence-corrected chi connectivity index (χ2v) is 4.33. The number of carbonyl (C=O) groups excluding carboxylic acids is 1. The molecule has 19 heavy (non-hydrogen) atoms. The van der Waals surface area contributed by atoms with Gasteiger partial charge in [-0.3, -0.25) is 4.79 Å². The van der Waals surface area contributed by atoms with Gasteiger partial charge in [0.15, 0.2) is 0 Å². The molecule has 0 aliphatic carbocycles. The molecule has 0 aliphatic heterocycles. The Kier molecular flexibility index (Phi) is 7.07. The maximum Gasteiger partial charge on any atom is 0.239 e. The molecule has 0 bridgehead atoms. The van der Waals surface area contributed by atoms with Crippen LogP contribution >= 0.6 is 11.6 Å². The Bertz CT molecular complexity index is 413. The maximum atomic E-state index is 11.6. The molecule has 0 unspecified atom stereocenters. The predicted octanol–water partition coefficient (Wildman–Crippen LogP) is 1.91. The van der Waals surface area contributed by atoms with Crippen molar-refractivity contribution in [1.82, 2.24) is 5.32 Å². The number of methoxy groups -OCH3 is 2. The molecule has 0 atom stereocenters. The Labute approximate surface area is 118 Å². The molecule has 1 rings (SSSR count). The third-order valence-electron chi connectivity index (χ3n) is 2.45. The van der Waals surface area contributed by atoms with Gasteiger partial charge in [0.2, 0.25) is 5.91 Å². The fourth-order valence-corrected chi connectivity index (χ4v) is 1.67. The zero-order valence-corrected chi connectivity index (χ0v) is 11.9. The molecule has 5 nitrogen and oxygen atoms in total. The van der Waals surface area contributed by atoms with Crippen molar-refractivity contribution in [2.24, 2.45) is 0 Å². The van der Waals surface area contributed by atoms with Gasteiger partial charge in [-0.05, 0) is 24.6 Å². The molecule has 0 fully saturated rings. The van der Waals surface area contributed by atoms with Crippen LogP contribution in [0.25, 0.3) is 0 Å². The lowest BCUT2D eigenvalue weighted by Gasteiger charge is -2.11. The maximum absolute atomic E-state index is 11.6. The molecule has 0 aromatic heterocycles. The Hall–Kier alpha value is -1.46. The SMILES string of the molecule is COCCCNC(=O)CNc1cc(Cl)ccc1OC. The van der Waals surface area contributed by atoms with Gasteiger partial charge in [-0.1, -0.05) is 11.6 Å². The summed E-state index contributed by atoms with van der Waals surface area (Å²) in [4.78, 5) is 11.6. The number of ether oxygens (including phenoxy) is 2. The molecule has 1 aromatic rings. The molecule has 6 heteroatoms. The van der Waals surface area contributed by atoms with E-state index in [2.05, 4.69) is 10.6 Å². The lowest BCUT2D eigenvalue weighted by atomic mass is 10.3. The molecule has 0 saturated heterocycles. The number of anilines is 1. The largest absolute Gasteiger partial charge is 0.495 e. The summed E-state index contributed by atoms with van der Waals surface area (Å²) >= 11 is 5.90. The summed E-state index contributed by atoms with van der Waals surface area (Å²) in [6.45, 7) is 1.40. The molecule has 2 N–H and O–H groups in total. The predicted molar refractivity (Wildman–Crippen MR) is 76.0 cm³/mol. The smallest absolute Gasteiger partial charge is 0.239 e. The third kappa shape index (κ3) is 5.81. The number of carbonyl (C=O) groups is 1. The zero-order chi connectivity index (χ0) is 14.1. The van der Waals surface area contributed by atoms with Crippen molar-refractivity contribution in [2.75, 3.05) is 39.2 Å². The van der Waals surface area contributed by atoms with E-state index in [9.17, 15) is 4.79 Å². The van der Waals surface area contributed by atoms with Gasteiger partial charge < -0.3 is 20.1 Å². The first-order valence-electron chi connectivity index (χ1n) is 6.00. The number of nitrogens with one attached hydrogen (secondary N) is 2. The van der Waals surface area contributed by atoms with Crippen LogP contribution < -0.4 is 15.4 Å². The average Bonchev–Trinajstić information content (AvgIpc) is 2.41. The van der Waals surface area contributed by atoms with E-state index in [-0.39, 0.29) is 12.5 Å². The van der Waals surface area contributed by atoms with E-state index in [1.165, 1.54) is 0 Å². The molecule has 0 spiro atoms. The lowest BCUT2D eigenvalue weighted by Crippen LogP contribution is -2.31. The van der Waals surface area contributed by atoms with Gasteiger partial charge in [0.05, 0.1) is 19.3 Å². The summed E-state index contributed by atoms with van der Waals surface area (Å²) in [5.74, 6) is 0.565. The van der Waals surface area contributed by atoms with Crippen molar-refractivity contribution in [3.63, 3.8) is 0 Å². The fraction of sp³-hybridized carbons (Fsp3) is 0.462. The van der Waals surface area contributed by atoms with E-state index < -0.39 is 0 Å². The minimum atomic E-state index is -0.0851. The van der Waals surface area contributed by atoms with Crippen molar-refractivity contribution >= 4 is 23.2 Å². The second kappa shape index (κ2) is 8.61. The molecule has 0 saturated carbocycles. The summed E-state index contributed by atoms with van der Waals surface area (Å²) in [6, 6.07) is 5.20. The number of amides is 1. The highest BCUT2D eigenvalue weighted by atomic mass is 35.5. The van der Waals surface area contributed by atoms with Crippen LogP contribution in [0.15, 0.2) is 18.2 Å². The van der Waals surface area contributed by atoms with Gasteiger partial charge >= 0.3 is 0 Å². The highest BCUT2D eigenvalue weighted by Crippen LogP contribution is 2.27. The van der Waals surface area contributed by atoms with Gasteiger partial charge in [0.1, 0.15) is 5.75 Å². The molecule has 1 aromatic carbocycles. The summed E-state index contributed by atoms with van der Waals surface area (Å²) in [5, 5.41) is 6.36. The monoisotopic (exact) mass is 286 g/mol. The van der Waals surface area contributed by atoms with E-state index in [0.717, 1.165) is 6.42 Å². The molecule has 0 heterocycles. The van der Waals surface area contributed by atoms with Crippen molar-refractivity contribution in [3.05, 3.63) is 23.2 Å². The normalized spacial score (nSPS) is 10.1. The number of hydrogen-bond donors (Lipinski definition) is 2. The first-order chi connectivity index (χ1) is 9.17. The van der Waals surface area contributed by atoms with E-state index >= 15 is 0 Å². The van der Waals surface area contributed by atoms with Gasteiger partial charge in [0, 0.05) is 25.3 Å². The van der Waals surface area contributed by atoms with Crippen LogP contribution in [0.3, 0.4) is 0 Å². The van der Waals surface area contributed by atoms with Crippen LogP contribution in [-0.4, -0.2) is 39.8 Å². The molecular formula is C13H19ClN2O3. The summed E-state index contributed by atoms with van der Waals surface area (Å²) in [7, 11) is 3.20. The van der Waals surface area contributed by atoms with E-state index in [4.69, 9.17) is 21.1 Å². The Morgan fingerprint density at radius 2 is 2.16 bits per heavy atom. The molecule has 1 amide bonds. The van der Waals surface area contributed by atoms with Gasteiger partial charge in [-0.25, -0.2) is 0 Å². The standard InChI is InChI=1S/C13H19ClN2O3/c1-18-7-3-6-15-13(17)9-16-11-8-10(14)4-5-12(11)19-2/h4-5,8,16H,3,6-7,9H2,1-2H3,(H,15,17). The summed E-state index contributed by atoms with van der Waals surface area (Å²) in [5.41, 5.74) is 0.696.